The smallest absolute Gasteiger partial charge is 0.407 e. The summed E-state index contributed by atoms with van der Waals surface area (Å²) in [5, 5.41) is 2.79. The minimum Gasteiger partial charge on any atom is -0.444 e. The lowest BCUT2D eigenvalue weighted by Gasteiger charge is -2.19. The molecule has 0 saturated carbocycles. The first-order valence-electron chi connectivity index (χ1n) is 8.06. The van der Waals surface area contributed by atoms with Crippen molar-refractivity contribution in [3.05, 3.63) is 0 Å². The molecule has 1 N–H and O–H groups in total. The second kappa shape index (κ2) is 9.22. The van der Waals surface area contributed by atoms with E-state index in [0.717, 1.165) is 13.0 Å². The van der Waals surface area contributed by atoms with E-state index in [1.54, 1.807) is 0 Å². The Kier molecular flexibility index (Phi) is 7.97. The van der Waals surface area contributed by atoms with Gasteiger partial charge < -0.3 is 14.8 Å². The number of epoxide rings is 1. The van der Waals surface area contributed by atoms with Crippen molar-refractivity contribution in [2.45, 2.75) is 83.8 Å². The fraction of sp³-hybridized carbons (Fsp3) is 0.938. The normalized spacial score (nSPS) is 17.9. The molecule has 0 radical (unpaired) electrons. The molecule has 0 aliphatic carbocycles. The highest BCUT2D eigenvalue weighted by atomic mass is 16.6. The Hall–Kier alpha value is -0.770. The number of carbonyl (C=O) groups excluding carboxylic acids is 1. The minimum absolute atomic E-state index is 0.306. The summed E-state index contributed by atoms with van der Waals surface area (Å²) < 4.78 is 10.4. The fourth-order valence-electron chi connectivity index (χ4n) is 2.12. The van der Waals surface area contributed by atoms with E-state index in [0.29, 0.717) is 12.6 Å². The van der Waals surface area contributed by atoms with Gasteiger partial charge in [-0.25, -0.2) is 4.79 Å². The van der Waals surface area contributed by atoms with Crippen LogP contribution in [0.5, 0.6) is 0 Å². The van der Waals surface area contributed by atoms with Crippen molar-refractivity contribution in [2.75, 3.05) is 13.2 Å². The van der Waals surface area contributed by atoms with Gasteiger partial charge in [0.15, 0.2) is 0 Å². The van der Waals surface area contributed by atoms with Crippen LogP contribution in [0.1, 0.15) is 72.1 Å². The number of unbranched alkanes of at least 4 members (excludes halogenated alkanes) is 6. The van der Waals surface area contributed by atoms with Crippen LogP contribution in [0.25, 0.3) is 0 Å². The maximum atomic E-state index is 11.4. The number of carbonyl (C=O) groups is 1. The van der Waals surface area contributed by atoms with Crippen molar-refractivity contribution in [1.29, 1.82) is 0 Å². The van der Waals surface area contributed by atoms with Crippen LogP contribution in [0.3, 0.4) is 0 Å². The lowest BCUT2D eigenvalue weighted by Crippen LogP contribution is -2.32. The Bertz CT molecular complexity index is 269. The molecule has 1 fully saturated rings. The lowest BCUT2D eigenvalue weighted by atomic mass is 10.1. The average Bonchev–Trinajstić information content (AvgIpc) is 3.13. The third-order valence-electron chi connectivity index (χ3n) is 3.27. The Morgan fingerprint density at radius 3 is 2.20 bits per heavy atom. The van der Waals surface area contributed by atoms with Crippen LogP contribution in [0.2, 0.25) is 0 Å². The molecule has 1 unspecified atom stereocenters. The fourth-order valence-corrected chi connectivity index (χ4v) is 2.12. The third-order valence-corrected chi connectivity index (χ3v) is 3.27. The van der Waals surface area contributed by atoms with Gasteiger partial charge in [0.2, 0.25) is 0 Å². The molecule has 118 valence electrons. The van der Waals surface area contributed by atoms with Crippen molar-refractivity contribution >= 4 is 6.09 Å². The Morgan fingerprint density at radius 2 is 1.65 bits per heavy atom. The zero-order valence-corrected chi connectivity index (χ0v) is 13.4. The first-order valence-corrected chi connectivity index (χ1v) is 8.06. The van der Waals surface area contributed by atoms with Crippen molar-refractivity contribution in [2.24, 2.45) is 0 Å². The monoisotopic (exact) mass is 285 g/mol. The van der Waals surface area contributed by atoms with E-state index in [-0.39, 0.29) is 6.09 Å². The highest BCUT2D eigenvalue weighted by Gasteiger charge is 2.20. The number of ether oxygens (including phenoxy) is 2. The van der Waals surface area contributed by atoms with E-state index in [9.17, 15) is 4.79 Å². The van der Waals surface area contributed by atoms with Crippen molar-refractivity contribution in [3.8, 4) is 0 Å². The van der Waals surface area contributed by atoms with Crippen molar-refractivity contribution in [1.82, 2.24) is 5.32 Å². The minimum atomic E-state index is -0.407. The van der Waals surface area contributed by atoms with Crippen LogP contribution >= 0.6 is 0 Å². The van der Waals surface area contributed by atoms with E-state index in [1.807, 2.05) is 20.8 Å². The summed E-state index contributed by atoms with van der Waals surface area (Å²) >= 11 is 0. The number of hydrogen-bond acceptors (Lipinski definition) is 3. The second-order valence-corrected chi connectivity index (χ2v) is 6.65. The van der Waals surface area contributed by atoms with Crippen LogP contribution in [0, 0.1) is 0 Å². The summed E-state index contributed by atoms with van der Waals surface area (Å²) in [6.07, 6.45) is 10.3. The predicted molar refractivity (Wildman–Crippen MR) is 80.9 cm³/mol. The van der Waals surface area contributed by atoms with Crippen molar-refractivity contribution in [3.63, 3.8) is 0 Å². The SMILES string of the molecule is CC(C)(C)OC(=O)NCCCCCCCCCC1CO1. The summed E-state index contributed by atoms with van der Waals surface area (Å²) in [6.45, 7) is 7.34. The predicted octanol–water partition coefficient (Wildman–Crippen LogP) is 4.03. The molecule has 20 heavy (non-hydrogen) atoms. The second-order valence-electron chi connectivity index (χ2n) is 6.65. The van der Waals surface area contributed by atoms with Crippen LogP contribution in [-0.2, 0) is 9.47 Å². The van der Waals surface area contributed by atoms with Gasteiger partial charge in [-0.3, -0.25) is 0 Å². The maximum Gasteiger partial charge on any atom is 0.407 e. The highest BCUT2D eigenvalue weighted by Crippen LogP contribution is 2.18. The largest absolute Gasteiger partial charge is 0.444 e. The quantitative estimate of drug-likeness (QED) is 0.487. The van der Waals surface area contributed by atoms with Crippen LogP contribution in [0.4, 0.5) is 4.79 Å². The molecule has 1 amide bonds. The van der Waals surface area contributed by atoms with Crippen LogP contribution in [-0.4, -0.2) is 30.9 Å². The molecule has 0 aromatic rings. The number of alkyl carbamates (subject to hydrolysis) is 1. The number of hydrogen-bond donors (Lipinski definition) is 1. The standard InChI is InChI=1S/C16H31NO3/c1-16(2,3)20-15(18)17-12-10-8-6-4-5-7-9-11-14-13-19-14/h14H,4-13H2,1-3H3,(H,17,18). The maximum absolute atomic E-state index is 11.4. The van der Waals surface area contributed by atoms with Crippen LogP contribution in [0.15, 0.2) is 0 Å². The third kappa shape index (κ3) is 11.1. The first-order chi connectivity index (χ1) is 9.47. The van der Waals surface area contributed by atoms with E-state index < -0.39 is 5.60 Å². The molecule has 1 atom stereocenters. The Morgan fingerprint density at radius 1 is 1.10 bits per heavy atom. The summed E-state index contributed by atoms with van der Waals surface area (Å²) in [6, 6.07) is 0. The lowest BCUT2D eigenvalue weighted by molar-refractivity contribution is 0.0527. The van der Waals surface area contributed by atoms with Crippen LogP contribution < -0.4 is 5.32 Å². The van der Waals surface area contributed by atoms with E-state index in [1.165, 1.54) is 44.9 Å². The molecular formula is C16H31NO3. The molecule has 0 aromatic heterocycles. The topological polar surface area (TPSA) is 50.9 Å². The van der Waals surface area contributed by atoms with E-state index in [4.69, 9.17) is 9.47 Å². The molecule has 0 bridgehead atoms. The molecule has 4 nitrogen and oxygen atoms in total. The van der Waals surface area contributed by atoms with Gasteiger partial charge in [-0.15, -0.1) is 0 Å². The summed E-state index contributed by atoms with van der Waals surface area (Å²) in [4.78, 5) is 11.4. The molecule has 1 saturated heterocycles. The molecule has 1 heterocycles. The van der Waals surface area contributed by atoms with E-state index in [2.05, 4.69) is 5.32 Å². The molecule has 1 aliphatic heterocycles. The molecule has 1 rings (SSSR count). The summed E-state index contributed by atoms with van der Waals surface area (Å²) in [5.41, 5.74) is -0.407. The van der Waals surface area contributed by atoms with Gasteiger partial charge in [-0.2, -0.15) is 0 Å². The van der Waals surface area contributed by atoms with Gasteiger partial charge in [0.05, 0.1) is 12.7 Å². The van der Waals surface area contributed by atoms with Gasteiger partial charge in [-0.05, 0) is 33.6 Å². The van der Waals surface area contributed by atoms with Gasteiger partial charge >= 0.3 is 6.09 Å². The molecule has 1 aliphatic rings. The van der Waals surface area contributed by atoms with Crippen molar-refractivity contribution < 1.29 is 14.3 Å². The molecule has 4 heteroatoms. The molecule has 0 aromatic carbocycles. The van der Waals surface area contributed by atoms with Gasteiger partial charge in [-0.1, -0.05) is 38.5 Å². The number of nitrogens with one attached hydrogen (secondary N) is 1. The molecular weight excluding hydrogens is 254 g/mol. The Labute approximate surface area is 123 Å². The van der Waals surface area contributed by atoms with Gasteiger partial charge in [0, 0.05) is 6.54 Å². The summed E-state index contributed by atoms with van der Waals surface area (Å²) in [5.74, 6) is 0. The van der Waals surface area contributed by atoms with Gasteiger partial charge in [0.25, 0.3) is 0 Å². The number of amides is 1. The zero-order valence-electron chi connectivity index (χ0n) is 13.4. The highest BCUT2D eigenvalue weighted by molar-refractivity contribution is 5.67. The number of rotatable bonds is 10. The zero-order chi connectivity index (χ0) is 14.8. The summed E-state index contributed by atoms with van der Waals surface area (Å²) in [7, 11) is 0. The van der Waals surface area contributed by atoms with E-state index >= 15 is 0 Å². The Balaban J connectivity index is 1.76. The van der Waals surface area contributed by atoms with Gasteiger partial charge in [0.1, 0.15) is 5.60 Å². The average molecular weight is 285 g/mol. The molecule has 0 spiro atoms. The first kappa shape index (κ1) is 17.3.